The Bertz CT molecular complexity index is 1010. The van der Waals surface area contributed by atoms with Crippen molar-refractivity contribution in [3.63, 3.8) is 0 Å². The van der Waals surface area contributed by atoms with Crippen molar-refractivity contribution in [3.05, 3.63) is 48.0 Å². The molecule has 1 N–H and O–H groups in total. The van der Waals surface area contributed by atoms with Gasteiger partial charge < -0.3 is 24.4 Å². The topological polar surface area (TPSA) is 94.2 Å². The van der Waals surface area contributed by atoms with Crippen LogP contribution in [0.2, 0.25) is 0 Å². The van der Waals surface area contributed by atoms with Crippen LogP contribution in [0.25, 0.3) is 0 Å². The lowest BCUT2D eigenvalue weighted by Gasteiger charge is -2.29. The first-order valence-corrected chi connectivity index (χ1v) is 10.8. The van der Waals surface area contributed by atoms with Gasteiger partial charge in [-0.25, -0.2) is 0 Å². The maximum Gasteiger partial charge on any atom is 0.306 e. The molecule has 0 atom stereocenters. The average molecular weight is 455 g/mol. The van der Waals surface area contributed by atoms with Crippen molar-refractivity contribution in [1.29, 1.82) is 0 Å². The van der Waals surface area contributed by atoms with E-state index < -0.39 is 5.97 Å². The number of rotatable bonds is 8. The number of esters is 1. The van der Waals surface area contributed by atoms with Crippen LogP contribution in [0, 0.1) is 0 Å². The zero-order valence-corrected chi connectivity index (χ0v) is 19.5. The summed E-state index contributed by atoms with van der Waals surface area (Å²) in [7, 11) is 1.28. The highest BCUT2D eigenvalue weighted by molar-refractivity contribution is 5.99. The quantitative estimate of drug-likeness (QED) is 0.612. The smallest absolute Gasteiger partial charge is 0.306 e. The minimum absolute atomic E-state index is 0.00471. The second-order valence-corrected chi connectivity index (χ2v) is 8.76. The molecule has 0 saturated carbocycles. The Hall–Kier alpha value is -3.55. The molecule has 2 amide bonds. The van der Waals surface area contributed by atoms with E-state index >= 15 is 0 Å². The Morgan fingerprint density at radius 2 is 1.82 bits per heavy atom. The van der Waals surface area contributed by atoms with Crippen LogP contribution in [0.4, 0.5) is 11.4 Å². The highest BCUT2D eigenvalue weighted by Gasteiger charge is 2.26. The number of hydrogen-bond donors (Lipinski definition) is 1. The van der Waals surface area contributed by atoms with Crippen LogP contribution in [0.1, 0.15) is 39.2 Å². The van der Waals surface area contributed by atoms with Gasteiger partial charge in [-0.2, -0.15) is 0 Å². The molecule has 1 aliphatic rings. The van der Waals surface area contributed by atoms with Crippen molar-refractivity contribution in [3.8, 4) is 11.5 Å². The molecule has 1 heterocycles. The van der Waals surface area contributed by atoms with E-state index in [4.69, 9.17) is 9.47 Å². The molecule has 0 unspecified atom stereocenters. The Labute approximate surface area is 193 Å². The molecule has 33 heavy (non-hydrogen) atoms. The molecule has 0 bridgehead atoms. The fourth-order valence-electron chi connectivity index (χ4n) is 3.37. The summed E-state index contributed by atoms with van der Waals surface area (Å²) < 4.78 is 15.9. The third-order valence-corrected chi connectivity index (χ3v) is 5.27. The number of nitrogens with zero attached hydrogens (tertiary/aromatic N) is 1. The number of amides is 2. The van der Waals surface area contributed by atoms with Crippen LogP contribution >= 0.6 is 0 Å². The van der Waals surface area contributed by atoms with Gasteiger partial charge in [-0.3, -0.25) is 14.4 Å². The van der Waals surface area contributed by atoms with Crippen LogP contribution in [0.3, 0.4) is 0 Å². The van der Waals surface area contributed by atoms with E-state index in [9.17, 15) is 14.4 Å². The van der Waals surface area contributed by atoms with Gasteiger partial charge in [-0.05, 0) is 41.3 Å². The molecule has 1 aliphatic heterocycles. The Balaban J connectivity index is 1.63. The second kappa shape index (κ2) is 10.4. The monoisotopic (exact) mass is 454 g/mol. The zero-order valence-electron chi connectivity index (χ0n) is 19.5. The van der Waals surface area contributed by atoms with Crippen LogP contribution in [0.5, 0.6) is 11.5 Å². The van der Waals surface area contributed by atoms with Crippen LogP contribution in [0.15, 0.2) is 42.5 Å². The molecule has 0 aliphatic carbocycles. The van der Waals surface area contributed by atoms with Crippen molar-refractivity contribution in [2.45, 2.75) is 39.0 Å². The fourth-order valence-corrected chi connectivity index (χ4v) is 3.37. The number of nitrogens with one attached hydrogen (secondary N) is 1. The number of carbonyl (C=O) groups excluding carboxylic acids is 3. The van der Waals surface area contributed by atoms with Crippen molar-refractivity contribution in [2.24, 2.45) is 0 Å². The molecule has 3 rings (SSSR count). The predicted molar refractivity (Wildman–Crippen MR) is 125 cm³/mol. The molecule has 176 valence electrons. The summed E-state index contributed by atoms with van der Waals surface area (Å²) in [5.74, 6) is 0.321. The third-order valence-electron chi connectivity index (χ3n) is 5.27. The second-order valence-electron chi connectivity index (χ2n) is 8.76. The molecule has 8 nitrogen and oxygen atoms in total. The molecule has 0 aromatic heterocycles. The first-order chi connectivity index (χ1) is 15.7. The summed E-state index contributed by atoms with van der Waals surface area (Å²) in [5, 5.41) is 2.73. The first kappa shape index (κ1) is 24.1. The summed E-state index contributed by atoms with van der Waals surface area (Å²) in [6, 6.07) is 13.0. The predicted octanol–water partition coefficient (Wildman–Crippen LogP) is 3.68. The van der Waals surface area contributed by atoms with Gasteiger partial charge in [0, 0.05) is 12.1 Å². The van der Waals surface area contributed by atoms with Crippen molar-refractivity contribution < 1.29 is 28.6 Å². The van der Waals surface area contributed by atoms with Gasteiger partial charge in [0.1, 0.15) is 18.1 Å². The number of anilines is 2. The van der Waals surface area contributed by atoms with Gasteiger partial charge in [0.25, 0.3) is 5.91 Å². The molecule has 0 fully saturated rings. The molecular formula is C25H30N2O6. The summed E-state index contributed by atoms with van der Waals surface area (Å²) >= 11 is 0. The third kappa shape index (κ3) is 6.47. The van der Waals surface area contributed by atoms with Gasteiger partial charge in [0.05, 0.1) is 25.8 Å². The normalized spacial score (nSPS) is 13.1. The molecule has 8 heteroatoms. The number of fused-ring (bicyclic) bond motifs is 1. The molecular weight excluding hydrogens is 424 g/mol. The van der Waals surface area contributed by atoms with E-state index in [1.807, 2.05) is 24.3 Å². The van der Waals surface area contributed by atoms with Crippen LogP contribution in [-0.2, 0) is 24.5 Å². The molecule has 2 aromatic carbocycles. The lowest BCUT2D eigenvalue weighted by atomic mass is 9.87. The van der Waals surface area contributed by atoms with E-state index in [1.165, 1.54) is 12.7 Å². The molecule has 0 spiro atoms. The largest absolute Gasteiger partial charge is 0.492 e. The minimum Gasteiger partial charge on any atom is -0.492 e. The molecule has 2 aromatic rings. The highest BCUT2D eigenvalue weighted by atomic mass is 16.5. The number of carbonyl (C=O) groups is 3. The summed E-state index contributed by atoms with van der Waals surface area (Å²) in [6.07, 6.45) is -0.000185. The maximum absolute atomic E-state index is 12.5. The lowest BCUT2D eigenvalue weighted by molar-refractivity contribution is -0.141. The number of ether oxygens (including phenoxy) is 3. The van der Waals surface area contributed by atoms with Crippen LogP contribution in [-0.4, -0.2) is 44.7 Å². The van der Waals surface area contributed by atoms with Crippen molar-refractivity contribution in [2.75, 3.05) is 37.1 Å². The average Bonchev–Trinajstić information content (AvgIpc) is 2.78. The first-order valence-electron chi connectivity index (χ1n) is 10.8. The molecule has 0 radical (unpaired) electrons. The Kier molecular flexibility index (Phi) is 7.58. The van der Waals surface area contributed by atoms with E-state index in [0.717, 1.165) is 5.75 Å². The zero-order chi connectivity index (χ0) is 24.0. The Morgan fingerprint density at radius 1 is 1.09 bits per heavy atom. The number of methoxy groups -OCH3 is 1. The van der Waals surface area contributed by atoms with Gasteiger partial charge >= 0.3 is 5.97 Å². The van der Waals surface area contributed by atoms with E-state index in [2.05, 4.69) is 30.8 Å². The number of hydrogen-bond acceptors (Lipinski definition) is 6. The SMILES string of the molecule is COC(=O)CCC(=O)Nc1ccc2c(c1)N(CCOc1ccc(C(C)(C)C)cc1)C(=O)CO2. The standard InChI is InChI=1S/C25H30N2O6/c1-25(2,3)17-5-8-19(9-6-17)32-14-13-27-20-15-18(7-10-21(20)33-16-23(27)29)26-22(28)11-12-24(30)31-4/h5-10,15H,11-14,16H2,1-4H3,(H,26,28). The summed E-state index contributed by atoms with van der Waals surface area (Å²) in [6.45, 7) is 7.03. The minimum atomic E-state index is -0.450. The van der Waals surface area contributed by atoms with Gasteiger partial charge in [-0.1, -0.05) is 32.9 Å². The van der Waals surface area contributed by atoms with Crippen molar-refractivity contribution >= 4 is 29.2 Å². The molecule has 0 saturated heterocycles. The Morgan fingerprint density at radius 3 is 2.48 bits per heavy atom. The number of benzene rings is 2. The van der Waals surface area contributed by atoms with Gasteiger partial charge in [-0.15, -0.1) is 0 Å². The van der Waals surface area contributed by atoms with Gasteiger partial charge in [0.2, 0.25) is 5.91 Å². The highest BCUT2D eigenvalue weighted by Crippen LogP contribution is 2.34. The van der Waals surface area contributed by atoms with Crippen LogP contribution < -0.4 is 19.7 Å². The lowest BCUT2D eigenvalue weighted by Crippen LogP contribution is -2.41. The van der Waals surface area contributed by atoms with Crippen molar-refractivity contribution in [1.82, 2.24) is 0 Å². The fraction of sp³-hybridized carbons (Fsp3) is 0.400. The van der Waals surface area contributed by atoms with Gasteiger partial charge in [0.15, 0.2) is 6.61 Å². The van der Waals surface area contributed by atoms with E-state index in [-0.39, 0.29) is 36.7 Å². The maximum atomic E-state index is 12.5. The van der Waals surface area contributed by atoms with E-state index in [1.54, 1.807) is 23.1 Å². The van der Waals surface area contributed by atoms with E-state index in [0.29, 0.717) is 30.3 Å². The summed E-state index contributed by atoms with van der Waals surface area (Å²) in [5.41, 5.74) is 2.34. The summed E-state index contributed by atoms with van der Waals surface area (Å²) in [4.78, 5) is 37.4.